The van der Waals surface area contributed by atoms with Crippen molar-refractivity contribution in [2.24, 2.45) is 10.9 Å². The van der Waals surface area contributed by atoms with Gasteiger partial charge in [-0.05, 0) is 30.0 Å². The van der Waals surface area contributed by atoms with Crippen molar-refractivity contribution in [3.05, 3.63) is 76.3 Å². The largest absolute Gasteiger partial charge is 0.326 e. The third-order valence-corrected chi connectivity index (χ3v) is 5.20. The van der Waals surface area contributed by atoms with Crippen LogP contribution in [-0.2, 0) is 13.0 Å². The highest BCUT2D eigenvalue weighted by Gasteiger charge is 2.12. The van der Waals surface area contributed by atoms with E-state index < -0.39 is 0 Å². The fourth-order valence-corrected chi connectivity index (χ4v) is 3.45. The zero-order valence-electron chi connectivity index (χ0n) is 16.3. The van der Waals surface area contributed by atoms with E-state index in [4.69, 9.17) is 17.4 Å². The van der Waals surface area contributed by atoms with Gasteiger partial charge in [0.1, 0.15) is 11.0 Å². The molecular weight excluding hydrogens is 370 g/mol. The Hall–Kier alpha value is -2.63. The van der Waals surface area contributed by atoms with Gasteiger partial charge in [0.05, 0.1) is 11.9 Å². The van der Waals surface area contributed by atoms with Crippen molar-refractivity contribution < 1.29 is 0 Å². The lowest BCUT2D eigenvalue weighted by Crippen LogP contribution is -2.13. The first-order chi connectivity index (χ1) is 13.6. The van der Waals surface area contributed by atoms with Crippen molar-refractivity contribution in [3.63, 3.8) is 0 Å². The van der Waals surface area contributed by atoms with Gasteiger partial charge in [-0.3, -0.25) is 0 Å². The van der Waals surface area contributed by atoms with Crippen molar-refractivity contribution in [2.45, 2.75) is 39.7 Å². The molecule has 2 aromatic carbocycles. The molecule has 0 saturated carbocycles. The molecule has 3 aromatic rings. The molecule has 0 atom stereocenters. The summed E-state index contributed by atoms with van der Waals surface area (Å²) < 4.78 is 2.22. The van der Waals surface area contributed by atoms with E-state index in [0.29, 0.717) is 5.15 Å². The lowest BCUT2D eigenvalue weighted by molar-refractivity contribution is 0.667. The third-order valence-electron chi connectivity index (χ3n) is 4.84. The molecule has 0 amide bonds. The van der Waals surface area contributed by atoms with Crippen LogP contribution in [0.25, 0.3) is 11.1 Å². The second-order valence-electron chi connectivity index (χ2n) is 6.77. The van der Waals surface area contributed by atoms with Crippen molar-refractivity contribution in [3.8, 4) is 11.1 Å². The summed E-state index contributed by atoms with van der Waals surface area (Å²) >= 11 is 6.29. The number of nitrogens with two attached hydrogens (primary N) is 1. The number of aromatic nitrogens is 2. The molecule has 28 heavy (non-hydrogen) atoms. The minimum absolute atomic E-state index is 0.601. The molecule has 0 saturated heterocycles. The molecule has 0 spiro atoms. The molecule has 0 aliphatic carbocycles. The smallest absolute Gasteiger partial charge is 0.150 e. The molecule has 0 bridgehead atoms. The van der Waals surface area contributed by atoms with Crippen LogP contribution < -0.4 is 11.4 Å². The van der Waals surface area contributed by atoms with Crippen molar-refractivity contribution in [1.82, 2.24) is 15.1 Å². The minimum Gasteiger partial charge on any atom is -0.326 e. The maximum Gasteiger partial charge on any atom is 0.150 e. The Morgan fingerprint density at radius 3 is 2.64 bits per heavy atom. The Morgan fingerprint density at radius 1 is 1.18 bits per heavy atom. The summed E-state index contributed by atoms with van der Waals surface area (Å²) in [5, 5.41) is 4.53. The number of hydrogen-bond acceptors (Lipinski definition) is 4. The summed E-state index contributed by atoms with van der Waals surface area (Å²) in [6, 6.07) is 16.7. The molecule has 3 N–H and O–H groups in total. The van der Waals surface area contributed by atoms with Crippen LogP contribution in [0.15, 0.2) is 53.6 Å². The van der Waals surface area contributed by atoms with Crippen molar-refractivity contribution in [2.75, 3.05) is 0 Å². The number of rotatable bonds is 8. The van der Waals surface area contributed by atoms with Gasteiger partial charge >= 0.3 is 0 Å². The zero-order chi connectivity index (χ0) is 19.9. The van der Waals surface area contributed by atoms with Gasteiger partial charge in [0, 0.05) is 18.5 Å². The highest BCUT2D eigenvalue weighted by Crippen LogP contribution is 2.24. The van der Waals surface area contributed by atoms with E-state index in [0.717, 1.165) is 54.0 Å². The fraction of sp³-hybridized carbons (Fsp3) is 0.273. The third kappa shape index (κ3) is 4.61. The Balaban J connectivity index is 1.84. The van der Waals surface area contributed by atoms with Crippen LogP contribution in [0.3, 0.4) is 0 Å². The second kappa shape index (κ2) is 9.53. The summed E-state index contributed by atoms with van der Waals surface area (Å²) in [6.45, 7) is 4.98. The van der Waals surface area contributed by atoms with Gasteiger partial charge in [0.2, 0.25) is 0 Å². The number of nitrogens with one attached hydrogen (secondary N) is 1. The monoisotopic (exact) mass is 395 g/mol. The molecule has 6 heteroatoms. The van der Waals surface area contributed by atoms with Gasteiger partial charge in [-0.2, -0.15) is 5.10 Å². The lowest BCUT2D eigenvalue weighted by atomic mass is 9.99. The number of unbranched alkanes of at least 4 members (excludes halogenated alkanes) is 1. The molecule has 0 unspecified atom stereocenters. The number of hydrazine groups is 1. The average molecular weight is 396 g/mol. The standard InChI is InChI=1S/C22H26ClN5/c1-3-4-9-21-26-22(23)16(2)28(21)15-17-10-12-18(13-11-17)20-8-6-5-7-19(20)14-25-27-24/h5-8,10-14,27H,3-4,9,15,24H2,1-2H3/b25-14+. The molecular formula is C22H26ClN5. The van der Waals surface area contributed by atoms with E-state index in [9.17, 15) is 0 Å². The number of nitrogens with zero attached hydrogens (tertiary/aromatic N) is 3. The Morgan fingerprint density at radius 2 is 1.93 bits per heavy atom. The molecule has 3 rings (SSSR count). The normalized spacial score (nSPS) is 11.3. The molecule has 1 heterocycles. The highest BCUT2D eigenvalue weighted by atomic mass is 35.5. The first-order valence-electron chi connectivity index (χ1n) is 9.52. The molecule has 0 radical (unpaired) electrons. The van der Waals surface area contributed by atoms with Crippen LogP contribution in [0.4, 0.5) is 0 Å². The van der Waals surface area contributed by atoms with Crippen LogP contribution >= 0.6 is 11.6 Å². The van der Waals surface area contributed by atoms with E-state index in [1.807, 2.05) is 25.1 Å². The highest BCUT2D eigenvalue weighted by molar-refractivity contribution is 6.30. The second-order valence-corrected chi connectivity index (χ2v) is 7.12. The van der Waals surface area contributed by atoms with Gasteiger partial charge in [-0.25, -0.2) is 16.4 Å². The predicted octanol–water partition coefficient (Wildman–Crippen LogP) is 4.70. The van der Waals surface area contributed by atoms with E-state index in [1.54, 1.807) is 6.21 Å². The van der Waals surface area contributed by atoms with E-state index in [1.165, 1.54) is 5.56 Å². The Bertz CT molecular complexity index is 944. The number of benzene rings is 2. The van der Waals surface area contributed by atoms with Crippen molar-refractivity contribution >= 4 is 17.8 Å². The Kier molecular flexibility index (Phi) is 6.85. The van der Waals surface area contributed by atoms with Gasteiger partial charge in [0.25, 0.3) is 0 Å². The molecule has 5 nitrogen and oxygen atoms in total. The number of imidazole rings is 1. The SMILES string of the molecule is CCCCc1nc(Cl)c(C)n1Cc1ccc(-c2ccccc2/C=N/NN)cc1. The summed E-state index contributed by atoms with van der Waals surface area (Å²) in [7, 11) is 0. The van der Waals surface area contributed by atoms with Gasteiger partial charge in [-0.15, -0.1) is 0 Å². The topological polar surface area (TPSA) is 68.2 Å². The summed E-state index contributed by atoms with van der Waals surface area (Å²) in [4.78, 5) is 4.55. The van der Waals surface area contributed by atoms with Crippen LogP contribution in [-0.4, -0.2) is 15.8 Å². The first-order valence-corrected chi connectivity index (χ1v) is 9.90. The molecule has 0 aliphatic heterocycles. The first kappa shape index (κ1) is 20.1. The average Bonchev–Trinajstić information content (AvgIpc) is 2.99. The van der Waals surface area contributed by atoms with Crippen LogP contribution in [0.5, 0.6) is 0 Å². The molecule has 0 aliphatic rings. The maximum atomic E-state index is 6.29. The fourth-order valence-electron chi connectivity index (χ4n) is 3.25. The van der Waals surface area contributed by atoms with Crippen LogP contribution in [0.2, 0.25) is 5.15 Å². The minimum atomic E-state index is 0.601. The van der Waals surface area contributed by atoms with E-state index in [2.05, 4.69) is 57.4 Å². The summed E-state index contributed by atoms with van der Waals surface area (Å²) in [6.07, 6.45) is 4.92. The molecule has 146 valence electrons. The quantitative estimate of drug-likeness (QED) is 0.330. The lowest BCUT2D eigenvalue weighted by Gasteiger charge is -2.11. The van der Waals surface area contributed by atoms with Gasteiger partial charge < -0.3 is 4.57 Å². The number of halogens is 1. The van der Waals surface area contributed by atoms with E-state index >= 15 is 0 Å². The molecule has 0 fully saturated rings. The number of hydrogen-bond donors (Lipinski definition) is 2. The van der Waals surface area contributed by atoms with Crippen LogP contribution in [0.1, 0.15) is 42.4 Å². The Labute approximate surface area is 171 Å². The summed E-state index contributed by atoms with van der Waals surface area (Å²) in [5.41, 5.74) is 7.80. The molecule has 1 aromatic heterocycles. The van der Waals surface area contributed by atoms with Crippen LogP contribution in [0, 0.1) is 6.92 Å². The van der Waals surface area contributed by atoms with E-state index in [-0.39, 0.29) is 0 Å². The van der Waals surface area contributed by atoms with Gasteiger partial charge in [0.15, 0.2) is 0 Å². The number of hydrazone groups is 1. The number of aryl methyl sites for hydroxylation is 1. The van der Waals surface area contributed by atoms with Gasteiger partial charge in [-0.1, -0.05) is 73.5 Å². The predicted molar refractivity (Wildman–Crippen MR) is 116 cm³/mol. The maximum absolute atomic E-state index is 6.29. The summed E-state index contributed by atoms with van der Waals surface area (Å²) in [5.74, 6) is 6.31. The van der Waals surface area contributed by atoms with Crippen molar-refractivity contribution in [1.29, 1.82) is 0 Å². The zero-order valence-corrected chi connectivity index (χ0v) is 17.1.